The van der Waals surface area contributed by atoms with Crippen LogP contribution in [0.25, 0.3) is 17.4 Å². The Morgan fingerprint density at radius 3 is 2.82 bits per heavy atom. The third kappa shape index (κ3) is 3.30. The van der Waals surface area contributed by atoms with Crippen molar-refractivity contribution in [3.8, 4) is 17.1 Å². The number of benzene rings is 1. The number of rotatable bonds is 5. The lowest BCUT2D eigenvalue weighted by atomic mass is 10.1. The lowest BCUT2D eigenvalue weighted by Crippen LogP contribution is -2.27. The quantitative estimate of drug-likeness (QED) is 0.286. The van der Waals surface area contributed by atoms with Crippen LogP contribution in [-0.4, -0.2) is 17.9 Å². The number of carbonyl (C=O) groups is 1. The smallest absolute Gasteiger partial charge is 0.273 e. The van der Waals surface area contributed by atoms with E-state index in [0.29, 0.717) is 22.8 Å². The molecule has 0 aliphatic heterocycles. The maximum atomic E-state index is 11.0. The molecule has 1 amide bonds. The van der Waals surface area contributed by atoms with E-state index in [1.807, 2.05) is 5.43 Å². The highest BCUT2D eigenvalue weighted by atomic mass is 16.6. The molecule has 0 fully saturated rings. The molecular formula is C14H13N3O5. The summed E-state index contributed by atoms with van der Waals surface area (Å²) in [5.74, 6) is 5.70. The summed E-state index contributed by atoms with van der Waals surface area (Å²) in [4.78, 5) is 21.3. The molecule has 8 heteroatoms. The summed E-state index contributed by atoms with van der Waals surface area (Å²) in [5.41, 5.74) is 2.45. The van der Waals surface area contributed by atoms with Crippen molar-refractivity contribution >= 4 is 17.7 Å². The van der Waals surface area contributed by atoms with Gasteiger partial charge in [-0.2, -0.15) is 0 Å². The number of nitro benzene ring substituents is 1. The summed E-state index contributed by atoms with van der Waals surface area (Å²) in [6.07, 6.45) is 2.67. The number of nitrogens with one attached hydrogen (secondary N) is 1. The minimum atomic E-state index is -0.506. The second kappa shape index (κ2) is 6.55. The van der Waals surface area contributed by atoms with Gasteiger partial charge in [0.25, 0.3) is 11.6 Å². The summed E-state index contributed by atoms with van der Waals surface area (Å²) in [5, 5.41) is 10.8. The maximum absolute atomic E-state index is 11.0. The number of hydrogen-bond acceptors (Lipinski definition) is 6. The van der Waals surface area contributed by atoms with Gasteiger partial charge in [-0.15, -0.1) is 0 Å². The number of carbonyl (C=O) groups excluding carboxylic acids is 1. The third-order valence-electron chi connectivity index (χ3n) is 2.83. The van der Waals surface area contributed by atoms with Gasteiger partial charge in [-0.25, -0.2) is 5.84 Å². The van der Waals surface area contributed by atoms with Crippen LogP contribution >= 0.6 is 0 Å². The van der Waals surface area contributed by atoms with Crippen molar-refractivity contribution in [2.75, 3.05) is 7.11 Å². The monoisotopic (exact) mass is 303 g/mol. The topological polar surface area (TPSA) is 121 Å². The fourth-order valence-corrected chi connectivity index (χ4v) is 1.79. The van der Waals surface area contributed by atoms with E-state index in [1.165, 1.54) is 37.5 Å². The molecule has 22 heavy (non-hydrogen) atoms. The van der Waals surface area contributed by atoms with Gasteiger partial charge in [-0.3, -0.25) is 20.3 Å². The van der Waals surface area contributed by atoms with E-state index in [9.17, 15) is 14.9 Å². The van der Waals surface area contributed by atoms with Crippen molar-refractivity contribution in [1.29, 1.82) is 0 Å². The second-order valence-electron chi connectivity index (χ2n) is 4.19. The Balaban J connectivity index is 2.32. The normalized spacial score (nSPS) is 10.6. The van der Waals surface area contributed by atoms with Crippen molar-refractivity contribution in [2.24, 2.45) is 5.84 Å². The first-order valence-electron chi connectivity index (χ1n) is 6.16. The first-order valence-corrected chi connectivity index (χ1v) is 6.16. The molecule has 2 aromatic rings. The van der Waals surface area contributed by atoms with Gasteiger partial charge in [-0.1, -0.05) is 0 Å². The number of hydrogen-bond donors (Lipinski definition) is 2. The van der Waals surface area contributed by atoms with E-state index >= 15 is 0 Å². The lowest BCUT2D eigenvalue weighted by molar-refractivity contribution is -0.384. The van der Waals surface area contributed by atoms with E-state index in [2.05, 4.69) is 0 Å². The SMILES string of the molecule is COc1cc([N+](=O)[O-])ccc1-c1ccc(/C=C/C(=O)NN)o1. The number of nitro groups is 1. The fraction of sp³-hybridized carbons (Fsp3) is 0.0714. The highest BCUT2D eigenvalue weighted by Crippen LogP contribution is 2.34. The summed E-state index contributed by atoms with van der Waals surface area (Å²) < 4.78 is 10.7. The third-order valence-corrected chi connectivity index (χ3v) is 2.83. The summed E-state index contributed by atoms with van der Waals surface area (Å²) in [6, 6.07) is 7.53. The van der Waals surface area contributed by atoms with E-state index in [-0.39, 0.29) is 5.69 Å². The molecule has 0 saturated heterocycles. The molecule has 1 heterocycles. The predicted molar refractivity (Wildman–Crippen MR) is 78.7 cm³/mol. The van der Waals surface area contributed by atoms with Crippen LogP contribution < -0.4 is 16.0 Å². The standard InChI is InChI=1S/C14H13N3O5/c1-21-13-8-9(17(19)20)2-5-11(13)12-6-3-10(22-12)4-7-14(18)16-15/h2-8H,15H2,1H3,(H,16,18)/b7-4+. The Morgan fingerprint density at radius 1 is 1.41 bits per heavy atom. The molecule has 0 saturated carbocycles. The van der Waals surface area contributed by atoms with E-state index in [1.54, 1.807) is 12.1 Å². The number of nitrogens with zero attached hydrogens (tertiary/aromatic N) is 1. The van der Waals surface area contributed by atoms with Gasteiger partial charge in [0, 0.05) is 12.1 Å². The van der Waals surface area contributed by atoms with Crippen LogP contribution in [0.3, 0.4) is 0 Å². The molecule has 114 valence electrons. The summed E-state index contributed by atoms with van der Waals surface area (Å²) >= 11 is 0. The number of non-ortho nitro benzene ring substituents is 1. The molecule has 0 unspecified atom stereocenters. The maximum Gasteiger partial charge on any atom is 0.273 e. The fourth-order valence-electron chi connectivity index (χ4n) is 1.79. The number of furan rings is 1. The number of nitrogens with two attached hydrogens (primary N) is 1. The van der Waals surface area contributed by atoms with Gasteiger partial charge >= 0.3 is 0 Å². The minimum absolute atomic E-state index is 0.0770. The van der Waals surface area contributed by atoms with Crippen LogP contribution in [0.1, 0.15) is 5.76 Å². The predicted octanol–water partition coefficient (Wildman–Crippen LogP) is 1.87. The molecular weight excluding hydrogens is 290 g/mol. The van der Waals surface area contributed by atoms with Crippen LogP contribution in [-0.2, 0) is 4.79 Å². The zero-order chi connectivity index (χ0) is 16.1. The van der Waals surface area contributed by atoms with Gasteiger partial charge in [-0.05, 0) is 24.3 Å². The van der Waals surface area contributed by atoms with Crippen LogP contribution in [0.5, 0.6) is 5.75 Å². The zero-order valence-electron chi connectivity index (χ0n) is 11.6. The Kier molecular flexibility index (Phi) is 4.54. The molecule has 0 atom stereocenters. The molecule has 2 rings (SSSR count). The molecule has 1 aromatic carbocycles. The average molecular weight is 303 g/mol. The number of methoxy groups -OCH3 is 1. The van der Waals surface area contributed by atoms with Gasteiger partial charge in [0.05, 0.1) is 23.7 Å². The molecule has 8 nitrogen and oxygen atoms in total. The van der Waals surface area contributed by atoms with Crippen molar-refractivity contribution in [3.63, 3.8) is 0 Å². The highest BCUT2D eigenvalue weighted by molar-refractivity contribution is 5.90. The molecule has 0 spiro atoms. The molecule has 1 aromatic heterocycles. The van der Waals surface area contributed by atoms with Crippen LogP contribution in [0.2, 0.25) is 0 Å². The van der Waals surface area contributed by atoms with Crippen LogP contribution in [0, 0.1) is 10.1 Å². The minimum Gasteiger partial charge on any atom is -0.496 e. The Labute approximate surface area is 125 Å². The number of hydrazine groups is 1. The first kappa shape index (κ1) is 15.3. The Morgan fingerprint density at radius 2 is 2.18 bits per heavy atom. The van der Waals surface area contributed by atoms with Gasteiger partial charge in [0.15, 0.2) is 0 Å². The second-order valence-corrected chi connectivity index (χ2v) is 4.19. The molecule has 0 aliphatic carbocycles. The highest BCUT2D eigenvalue weighted by Gasteiger charge is 2.15. The summed E-state index contributed by atoms with van der Waals surface area (Å²) in [6.45, 7) is 0. The largest absolute Gasteiger partial charge is 0.496 e. The van der Waals surface area contributed by atoms with Crippen molar-refractivity contribution < 1.29 is 18.9 Å². The lowest BCUT2D eigenvalue weighted by Gasteiger charge is -2.05. The van der Waals surface area contributed by atoms with E-state index < -0.39 is 10.8 Å². The van der Waals surface area contributed by atoms with Gasteiger partial charge in [0.2, 0.25) is 0 Å². The number of ether oxygens (including phenoxy) is 1. The van der Waals surface area contributed by atoms with Gasteiger partial charge < -0.3 is 9.15 Å². The molecule has 0 radical (unpaired) electrons. The number of amides is 1. The molecule has 0 bridgehead atoms. The molecule has 3 N–H and O–H groups in total. The Bertz CT molecular complexity index is 736. The average Bonchev–Trinajstić information content (AvgIpc) is 3.00. The first-order chi connectivity index (χ1) is 10.5. The van der Waals surface area contributed by atoms with E-state index in [0.717, 1.165) is 0 Å². The van der Waals surface area contributed by atoms with Crippen LogP contribution in [0.4, 0.5) is 5.69 Å². The molecule has 0 aliphatic rings. The van der Waals surface area contributed by atoms with Crippen molar-refractivity contribution in [1.82, 2.24) is 5.43 Å². The van der Waals surface area contributed by atoms with Gasteiger partial charge in [0.1, 0.15) is 17.3 Å². The summed E-state index contributed by atoms with van der Waals surface area (Å²) in [7, 11) is 1.41. The van der Waals surface area contributed by atoms with Crippen molar-refractivity contribution in [2.45, 2.75) is 0 Å². The zero-order valence-corrected chi connectivity index (χ0v) is 11.6. The van der Waals surface area contributed by atoms with Crippen molar-refractivity contribution in [3.05, 3.63) is 52.3 Å². The van der Waals surface area contributed by atoms with E-state index in [4.69, 9.17) is 15.0 Å². The van der Waals surface area contributed by atoms with Crippen LogP contribution in [0.15, 0.2) is 40.8 Å². The Hall–Kier alpha value is -3.13.